The van der Waals surface area contributed by atoms with Crippen LogP contribution in [0.5, 0.6) is 0 Å². The Morgan fingerprint density at radius 3 is 3.00 bits per heavy atom. The van der Waals surface area contributed by atoms with Crippen molar-refractivity contribution in [3.63, 3.8) is 0 Å². The number of hydrogen-bond acceptors (Lipinski definition) is 4. The third-order valence-electron chi connectivity index (χ3n) is 3.67. The van der Waals surface area contributed by atoms with Crippen LogP contribution in [0.1, 0.15) is 31.7 Å². The monoisotopic (exact) mass is 253 g/mol. The zero-order valence-electron chi connectivity index (χ0n) is 9.82. The molecule has 0 saturated carbocycles. The Bertz CT molecular complexity index is 426. The van der Waals surface area contributed by atoms with E-state index in [4.69, 9.17) is 16.3 Å². The first kappa shape index (κ1) is 11.2. The van der Waals surface area contributed by atoms with Crippen molar-refractivity contribution in [2.24, 2.45) is 0 Å². The van der Waals surface area contributed by atoms with Crippen LogP contribution in [0, 0.1) is 0 Å². The molecule has 0 amide bonds. The molecule has 2 bridgehead atoms. The highest BCUT2D eigenvalue weighted by atomic mass is 35.5. The number of aromatic nitrogens is 2. The second-order valence-electron chi connectivity index (χ2n) is 4.71. The van der Waals surface area contributed by atoms with Gasteiger partial charge in [0.2, 0.25) is 0 Å². The van der Waals surface area contributed by atoms with Crippen molar-refractivity contribution in [1.29, 1.82) is 0 Å². The topological polar surface area (TPSA) is 47.0 Å². The van der Waals surface area contributed by atoms with Gasteiger partial charge in [0.05, 0.1) is 18.2 Å². The van der Waals surface area contributed by atoms with Gasteiger partial charge < -0.3 is 10.1 Å². The van der Waals surface area contributed by atoms with Crippen LogP contribution in [0.2, 0.25) is 5.15 Å². The van der Waals surface area contributed by atoms with Gasteiger partial charge in [0.1, 0.15) is 17.3 Å². The molecule has 92 valence electrons. The van der Waals surface area contributed by atoms with Crippen LogP contribution in [0.3, 0.4) is 0 Å². The summed E-state index contributed by atoms with van der Waals surface area (Å²) < 4.78 is 5.82. The molecule has 1 aromatic rings. The molecular formula is C12H16ClN3O. The number of anilines is 1. The highest BCUT2D eigenvalue weighted by molar-refractivity contribution is 6.30. The third kappa shape index (κ3) is 2.00. The van der Waals surface area contributed by atoms with Crippen LogP contribution in [-0.2, 0) is 11.2 Å². The number of ether oxygens (including phenoxy) is 1. The first-order valence-electron chi connectivity index (χ1n) is 6.19. The zero-order valence-corrected chi connectivity index (χ0v) is 10.6. The maximum Gasteiger partial charge on any atom is 0.137 e. The van der Waals surface area contributed by atoms with Gasteiger partial charge in [-0.05, 0) is 25.7 Å². The number of hydrogen-bond donors (Lipinski definition) is 1. The Labute approximate surface area is 106 Å². The first-order valence-corrected chi connectivity index (χ1v) is 6.57. The molecule has 4 nitrogen and oxygen atoms in total. The minimum atomic E-state index is 0.346. The van der Waals surface area contributed by atoms with Crippen LogP contribution in [0.4, 0.5) is 5.82 Å². The summed E-state index contributed by atoms with van der Waals surface area (Å²) in [5.74, 6) is 0.869. The van der Waals surface area contributed by atoms with Crippen LogP contribution < -0.4 is 5.32 Å². The molecule has 0 spiro atoms. The largest absolute Gasteiger partial charge is 0.373 e. The molecule has 3 rings (SSSR count). The molecule has 2 aliphatic rings. The summed E-state index contributed by atoms with van der Waals surface area (Å²) in [6.45, 7) is 2.06. The van der Waals surface area contributed by atoms with E-state index in [1.54, 1.807) is 0 Å². The summed E-state index contributed by atoms with van der Waals surface area (Å²) in [6.07, 6.45) is 6.58. The molecule has 2 fully saturated rings. The fourth-order valence-corrected chi connectivity index (χ4v) is 3.06. The molecular weight excluding hydrogens is 238 g/mol. The lowest BCUT2D eigenvalue weighted by Crippen LogP contribution is -2.31. The van der Waals surface area contributed by atoms with E-state index in [0.717, 1.165) is 30.6 Å². The van der Waals surface area contributed by atoms with Crippen molar-refractivity contribution in [1.82, 2.24) is 9.97 Å². The van der Waals surface area contributed by atoms with E-state index in [0.29, 0.717) is 23.4 Å². The summed E-state index contributed by atoms with van der Waals surface area (Å²) in [6, 6.07) is 0.380. The van der Waals surface area contributed by atoms with E-state index in [1.165, 1.54) is 12.7 Å². The number of halogens is 1. The average molecular weight is 254 g/mol. The predicted molar refractivity (Wildman–Crippen MR) is 66.3 cm³/mol. The standard InChI is InChI=1S/C12H16ClN3O/c1-2-8-11(13)14-6-15-12(8)16-9-5-7-3-4-10(9)17-7/h6-7,9-10H,2-5H2,1H3,(H,14,15,16). The van der Waals surface area contributed by atoms with Crippen LogP contribution >= 0.6 is 11.6 Å². The van der Waals surface area contributed by atoms with Crippen LogP contribution in [0.25, 0.3) is 0 Å². The molecule has 5 heteroatoms. The Morgan fingerprint density at radius 2 is 2.35 bits per heavy atom. The van der Waals surface area contributed by atoms with E-state index in [1.807, 2.05) is 0 Å². The first-order chi connectivity index (χ1) is 8.28. The zero-order chi connectivity index (χ0) is 11.8. The van der Waals surface area contributed by atoms with Crippen molar-refractivity contribution in [3.05, 3.63) is 17.0 Å². The lowest BCUT2D eigenvalue weighted by atomic mass is 9.95. The van der Waals surface area contributed by atoms with Crippen LogP contribution in [-0.4, -0.2) is 28.2 Å². The van der Waals surface area contributed by atoms with Crippen molar-refractivity contribution in [2.45, 2.75) is 50.9 Å². The fourth-order valence-electron chi connectivity index (χ4n) is 2.79. The fraction of sp³-hybridized carbons (Fsp3) is 0.667. The van der Waals surface area contributed by atoms with Crippen molar-refractivity contribution in [3.8, 4) is 0 Å². The molecule has 17 heavy (non-hydrogen) atoms. The highest BCUT2D eigenvalue weighted by Crippen LogP contribution is 2.36. The minimum absolute atomic E-state index is 0.346. The number of rotatable bonds is 3. The van der Waals surface area contributed by atoms with Gasteiger partial charge in [-0.2, -0.15) is 0 Å². The second kappa shape index (κ2) is 4.42. The summed E-state index contributed by atoms with van der Waals surface area (Å²) in [5, 5.41) is 4.02. The minimum Gasteiger partial charge on any atom is -0.373 e. The van der Waals surface area contributed by atoms with E-state index in [-0.39, 0.29) is 0 Å². The van der Waals surface area contributed by atoms with E-state index < -0.39 is 0 Å². The summed E-state index contributed by atoms with van der Waals surface area (Å²) in [4.78, 5) is 8.31. The van der Waals surface area contributed by atoms with Gasteiger partial charge >= 0.3 is 0 Å². The molecule has 0 aromatic carbocycles. The van der Waals surface area contributed by atoms with Gasteiger partial charge in [-0.3, -0.25) is 0 Å². The number of fused-ring (bicyclic) bond motifs is 2. The van der Waals surface area contributed by atoms with E-state index >= 15 is 0 Å². The highest BCUT2D eigenvalue weighted by Gasteiger charge is 2.41. The third-order valence-corrected chi connectivity index (χ3v) is 4.00. The smallest absolute Gasteiger partial charge is 0.137 e. The normalized spacial score (nSPS) is 30.8. The number of nitrogens with one attached hydrogen (secondary N) is 1. The lowest BCUT2D eigenvalue weighted by molar-refractivity contribution is 0.102. The SMILES string of the molecule is CCc1c(Cl)ncnc1NC1CC2CCC1O2. The molecule has 1 N–H and O–H groups in total. The summed E-state index contributed by atoms with van der Waals surface area (Å²) >= 11 is 6.07. The molecule has 3 heterocycles. The maximum absolute atomic E-state index is 6.07. The van der Waals surface area contributed by atoms with E-state index in [2.05, 4.69) is 22.2 Å². The molecule has 2 aliphatic heterocycles. The molecule has 3 unspecified atom stereocenters. The maximum atomic E-state index is 6.07. The van der Waals surface area contributed by atoms with Gasteiger partial charge in [0.25, 0.3) is 0 Å². The van der Waals surface area contributed by atoms with Gasteiger partial charge in [0, 0.05) is 5.56 Å². The van der Waals surface area contributed by atoms with Crippen molar-refractivity contribution >= 4 is 17.4 Å². The second-order valence-corrected chi connectivity index (χ2v) is 5.06. The quantitative estimate of drug-likeness (QED) is 0.841. The Balaban J connectivity index is 1.79. The summed E-state index contributed by atoms with van der Waals surface area (Å²) in [7, 11) is 0. The van der Waals surface area contributed by atoms with Gasteiger partial charge in [0.15, 0.2) is 0 Å². The predicted octanol–water partition coefficient (Wildman–Crippen LogP) is 2.42. The van der Waals surface area contributed by atoms with E-state index in [9.17, 15) is 0 Å². The number of nitrogens with zero attached hydrogens (tertiary/aromatic N) is 2. The van der Waals surface area contributed by atoms with Gasteiger partial charge in [-0.15, -0.1) is 0 Å². The molecule has 1 aromatic heterocycles. The average Bonchev–Trinajstić information content (AvgIpc) is 2.91. The Morgan fingerprint density at radius 1 is 1.47 bits per heavy atom. The van der Waals surface area contributed by atoms with Gasteiger partial charge in [-0.1, -0.05) is 18.5 Å². The molecule has 0 aliphatic carbocycles. The molecule has 3 atom stereocenters. The van der Waals surface area contributed by atoms with Crippen molar-refractivity contribution in [2.75, 3.05) is 5.32 Å². The van der Waals surface area contributed by atoms with Gasteiger partial charge in [-0.25, -0.2) is 9.97 Å². The Kier molecular flexibility index (Phi) is 2.92. The lowest BCUT2D eigenvalue weighted by Gasteiger charge is -2.22. The molecule has 0 radical (unpaired) electrons. The van der Waals surface area contributed by atoms with Crippen molar-refractivity contribution < 1.29 is 4.74 Å². The Hall–Kier alpha value is -0.870. The molecule has 2 saturated heterocycles. The summed E-state index contributed by atoms with van der Waals surface area (Å²) in [5.41, 5.74) is 0.997. The van der Waals surface area contributed by atoms with Crippen LogP contribution in [0.15, 0.2) is 6.33 Å².